The highest BCUT2D eigenvalue weighted by Gasteiger charge is 2.12. The Bertz CT molecular complexity index is 649. The van der Waals surface area contributed by atoms with Crippen molar-refractivity contribution in [1.82, 2.24) is 0 Å². The fourth-order valence-corrected chi connectivity index (χ4v) is 2.56. The van der Waals surface area contributed by atoms with Crippen molar-refractivity contribution in [3.05, 3.63) is 61.7 Å². The van der Waals surface area contributed by atoms with Crippen LogP contribution in [0.3, 0.4) is 0 Å². The maximum atomic E-state index is 13.1. The van der Waals surface area contributed by atoms with Gasteiger partial charge in [0.25, 0.3) is 5.91 Å². The van der Waals surface area contributed by atoms with Crippen LogP contribution >= 0.6 is 43.5 Å². The zero-order valence-corrected chi connectivity index (χ0v) is 13.3. The van der Waals surface area contributed by atoms with Gasteiger partial charge in [0, 0.05) is 8.95 Å². The van der Waals surface area contributed by atoms with Crippen LogP contribution in [0.4, 0.5) is 10.1 Å². The number of hydrogen-bond donors (Lipinski definition) is 1. The van der Waals surface area contributed by atoms with Crippen LogP contribution in [-0.4, -0.2) is 5.91 Å². The average Bonchev–Trinajstić information content (AvgIpc) is 2.33. The number of benzene rings is 2. The molecule has 0 aromatic heterocycles. The van der Waals surface area contributed by atoms with Crippen molar-refractivity contribution >= 4 is 55.1 Å². The van der Waals surface area contributed by atoms with Gasteiger partial charge in [0.2, 0.25) is 0 Å². The normalized spacial score (nSPS) is 10.3. The van der Waals surface area contributed by atoms with Gasteiger partial charge in [-0.25, -0.2) is 4.39 Å². The van der Waals surface area contributed by atoms with Gasteiger partial charge in [0.1, 0.15) is 5.82 Å². The van der Waals surface area contributed by atoms with Crippen LogP contribution in [0.5, 0.6) is 0 Å². The molecule has 0 atom stereocenters. The molecular weight excluding hydrogens is 400 g/mol. The molecular formula is C13H7Br2ClFNO. The van der Waals surface area contributed by atoms with Crippen LogP contribution < -0.4 is 5.32 Å². The number of nitrogens with one attached hydrogen (secondary N) is 1. The molecule has 0 aliphatic heterocycles. The van der Waals surface area contributed by atoms with Crippen LogP contribution in [0.1, 0.15) is 10.4 Å². The number of carbonyl (C=O) groups excluding carboxylic acids is 1. The summed E-state index contributed by atoms with van der Waals surface area (Å²) in [5.41, 5.74) is 0.671. The molecule has 0 fully saturated rings. The number of amides is 1. The van der Waals surface area contributed by atoms with E-state index in [2.05, 4.69) is 37.2 Å². The Hall–Kier alpha value is -0.910. The predicted molar refractivity (Wildman–Crippen MR) is 81.2 cm³/mol. The summed E-state index contributed by atoms with van der Waals surface area (Å²) in [5, 5.41) is 2.92. The minimum atomic E-state index is -0.430. The fraction of sp³-hybridized carbons (Fsp3) is 0. The molecule has 0 aliphatic rings. The van der Waals surface area contributed by atoms with E-state index in [1.807, 2.05) is 0 Å². The van der Waals surface area contributed by atoms with Crippen molar-refractivity contribution in [2.75, 3.05) is 5.32 Å². The molecule has 1 N–H and O–H groups in total. The van der Waals surface area contributed by atoms with Crippen LogP contribution in [-0.2, 0) is 0 Å². The van der Waals surface area contributed by atoms with Gasteiger partial charge in [-0.1, -0.05) is 27.5 Å². The lowest BCUT2D eigenvalue weighted by Gasteiger charge is -2.09. The molecule has 0 saturated heterocycles. The third-order valence-corrected chi connectivity index (χ3v) is 3.85. The summed E-state index contributed by atoms with van der Waals surface area (Å²) in [6.07, 6.45) is 0. The van der Waals surface area contributed by atoms with Gasteiger partial charge in [-0.05, 0) is 52.3 Å². The number of hydrogen-bond acceptors (Lipinski definition) is 1. The largest absolute Gasteiger partial charge is 0.321 e. The Morgan fingerprint density at radius 3 is 2.58 bits per heavy atom. The maximum Gasteiger partial charge on any atom is 0.257 e. The summed E-state index contributed by atoms with van der Waals surface area (Å²) in [4.78, 5) is 12.1. The summed E-state index contributed by atoms with van der Waals surface area (Å²) in [7, 11) is 0. The van der Waals surface area contributed by atoms with E-state index in [1.54, 1.807) is 18.2 Å². The Balaban J connectivity index is 2.28. The van der Waals surface area contributed by atoms with Gasteiger partial charge in [0.15, 0.2) is 0 Å². The Morgan fingerprint density at radius 2 is 1.89 bits per heavy atom. The van der Waals surface area contributed by atoms with Crippen LogP contribution in [0, 0.1) is 5.82 Å². The molecule has 1 amide bonds. The van der Waals surface area contributed by atoms with E-state index < -0.39 is 11.7 Å². The highest BCUT2D eigenvalue weighted by molar-refractivity contribution is 9.10. The topological polar surface area (TPSA) is 29.1 Å². The first kappa shape index (κ1) is 14.5. The summed E-state index contributed by atoms with van der Waals surface area (Å²) >= 11 is 12.5. The van der Waals surface area contributed by atoms with Crippen LogP contribution in [0.2, 0.25) is 5.02 Å². The van der Waals surface area contributed by atoms with E-state index in [9.17, 15) is 9.18 Å². The molecule has 0 heterocycles. The van der Waals surface area contributed by atoms with Crippen LogP contribution in [0.25, 0.3) is 0 Å². The summed E-state index contributed by atoms with van der Waals surface area (Å²) in [5.74, 6) is -0.829. The molecule has 2 rings (SSSR count). The highest BCUT2D eigenvalue weighted by Crippen LogP contribution is 2.26. The molecule has 0 unspecified atom stereocenters. The molecule has 0 bridgehead atoms. The second-order valence-corrected chi connectivity index (χ2v) is 5.88. The molecule has 2 nitrogen and oxygen atoms in total. The van der Waals surface area contributed by atoms with Gasteiger partial charge in [-0.15, -0.1) is 0 Å². The van der Waals surface area contributed by atoms with Crippen LogP contribution in [0.15, 0.2) is 45.3 Å². The summed E-state index contributed by atoms with van der Waals surface area (Å²) < 4.78 is 14.5. The van der Waals surface area contributed by atoms with Gasteiger partial charge >= 0.3 is 0 Å². The monoisotopic (exact) mass is 405 g/mol. The molecule has 0 radical (unpaired) electrons. The van der Waals surface area contributed by atoms with Crippen molar-refractivity contribution in [2.24, 2.45) is 0 Å². The first-order valence-electron chi connectivity index (χ1n) is 5.19. The van der Waals surface area contributed by atoms with Crippen molar-refractivity contribution in [3.63, 3.8) is 0 Å². The quantitative estimate of drug-likeness (QED) is 0.723. The standard InChI is InChI=1S/C13H7Br2ClFNO/c14-7-1-3-9(11(16)5-7)13(19)18-12-6-8(17)2-4-10(12)15/h1-6H,(H,18,19). The fourth-order valence-electron chi connectivity index (χ4n) is 1.46. The molecule has 2 aromatic rings. The molecule has 98 valence electrons. The molecule has 19 heavy (non-hydrogen) atoms. The molecule has 0 spiro atoms. The minimum Gasteiger partial charge on any atom is -0.321 e. The lowest BCUT2D eigenvalue weighted by molar-refractivity contribution is 0.102. The second kappa shape index (κ2) is 6.03. The lowest BCUT2D eigenvalue weighted by Crippen LogP contribution is -2.13. The first-order valence-corrected chi connectivity index (χ1v) is 7.15. The molecule has 0 aliphatic carbocycles. The number of carbonyl (C=O) groups is 1. The maximum absolute atomic E-state index is 13.1. The lowest BCUT2D eigenvalue weighted by atomic mass is 10.2. The van der Waals surface area contributed by atoms with Gasteiger partial charge in [-0.2, -0.15) is 0 Å². The van der Waals surface area contributed by atoms with Gasteiger partial charge < -0.3 is 5.32 Å². The summed E-state index contributed by atoms with van der Waals surface area (Å²) in [6.45, 7) is 0. The average molecular weight is 407 g/mol. The third kappa shape index (κ3) is 3.55. The van der Waals surface area contributed by atoms with E-state index in [1.165, 1.54) is 18.2 Å². The zero-order chi connectivity index (χ0) is 14.0. The van der Waals surface area contributed by atoms with Gasteiger partial charge in [0.05, 0.1) is 16.3 Å². The van der Waals surface area contributed by atoms with Crippen molar-refractivity contribution < 1.29 is 9.18 Å². The minimum absolute atomic E-state index is 0.319. The summed E-state index contributed by atoms with van der Waals surface area (Å²) in [6, 6.07) is 8.97. The first-order chi connectivity index (χ1) is 8.97. The number of anilines is 1. The van der Waals surface area contributed by atoms with E-state index in [-0.39, 0.29) is 0 Å². The molecule has 2 aromatic carbocycles. The molecule has 0 saturated carbocycles. The van der Waals surface area contributed by atoms with Crippen molar-refractivity contribution in [3.8, 4) is 0 Å². The number of halogens is 4. The number of rotatable bonds is 2. The van der Waals surface area contributed by atoms with E-state index in [0.29, 0.717) is 20.7 Å². The second-order valence-electron chi connectivity index (χ2n) is 3.70. The van der Waals surface area contributed by atoms with Crippen molar-refractivity contribution in [2.45, 2.75) is 0 Å². The highest BCUT2D eigenvalue weighted by atomic mass is 79.9. The van der Waals surface area contributed by atoms with Crippen molar-refractivity contribution in [1.29, 1.82) is 0 Å². The predicted octanol–water partition coefficient (Wildman–Crippen LogP) is 5.26. The SMILES string of the molecule is O=C(Nc1cc(F)ccc1Br)c1ccc(Br)cc1Cl. The van der Waals surface area contributed by atoms with E-state index in [4.69, 9.17) is 11.6 Å². The van der Waals surface area contributed by atoms with E-state index in [0.717, 1.165) is 4.47 Å². The Kier molecular flexibility index (Phi) is 4.60. The Morgan fingerprint density at radius 1 is 1.16 bits per heavy atom. The smallest absolute Gasteiger partial charge is 0.257 e. The zero-order valence-electron chi connectivity index (χ0n) is 9.38. The third-order valence-electron chi connectivity index (χ3n) is 2.35. The molecule has 6 heteroatoms. The van der Waals surface area contributed by atoms with Gasteiger partial charge in [-0.3, -0.25) is 4.79 Å². The van der Waals surface area contributed by atoms with E-state index >= 15 is 0 Å². The Labute approximate surface area is 131 Å².